The lowest BCUT2D eigenvalue weighted by Crippen LogP contribution is -2.54. The molecule has 0 spiro atoms. The molecule has 28 heavy (non-hydrogen) atoms. The summed E-state index contributed by atoms with van der Waals surface area (Å²) in [5.74, 6) is -2.00. The molecule has 4 amide bonds. The van der Waals surface area contributed by atoms with Crippen LogP contribution >= 0.6 is 23.2 Å². The number of nitrogens with one attached hydrogen (secondary N) is 1. The molecule has 0 bridgehead atoms. The van der Waals surface area contributed by atoms with Crippen molar-refractivity contribution in [3.8, 4) is 11.5 Å². The highest BCUT2D eigenvalue weighted by Gasteiger charge is 2.37. The Bertz CT molecular complexity index is 1050. The molecule has 9 heteroatoms. The summed E-state index contributed by atoms with van der Waals surface area (Å²) in [5, 5.41) is 12.9. The smallest absolute Gasteiger partial charge is 0.335 e. The third kappa shape index (κ3) is 3.54. The van der Waals surface area contributed by atoms with Crippen molar-refractivity contribution in [1.82, 2.24) is 5.32 Å². The number of imide groups is 2. The van der Waals surface area contributed by atoms with E-state index in [1.165, 1.54) is 31.4 Å². The molecule has 144 valence electrons. The molecular weight excluding hydrogens is 407 g/mol. The minimum atomic E-state index is -0.903. The number of nitrogens with zero attached hydrogens (tertiary/aromatic N) is 1. The Balaban J connectivity index is 2.09. The quantitative estimate of drug-likeness (QED) is 0.582. The zero-order valence-corrected chi connectivity index (χ0v) is 16.3. The summed E-state index contributed by atoms with van der Waals surface area (Å²) < 4.78 is 5.01. The molecule has 1 fully saturated rings. The van der Waals surface area contributed by atoms with E-state index in [2.05, 4.69) is 5.32 Å². The number of methoxy groups -OCH3 is 1. The summed E-state index contributed by atoms with van der Waals surface area (Å²) in [5.41, 5.74) is 0.678. The first-order valence-corrected chi connectivity index (χ1v) is 8.72. The molecule has 0 aliphatic carbocycles. The number of hydrogen-bond acceptors (Lipinski definition) is 5. The summed E-state index contributed by atoms with van der Waals surface area (Å²) in [6.45, 7) is 1.77. The summed E-state index contributed by atoms with van der Waals surface area (Å²) in [6.07, 6.45) is 1.14. The molecule has 1 saturated heterocycles. The number of hydrogen-bond donors (Lipinski definition) is 2. The Morgan fingerprint density at radius 1 is 1.14 bits per heavy atom. The van der Waals surface area contributed by atoms with Gasteiger partial charge in [0.15, 0.2) is 11.5 Å². The van der Waals surface area contributed by atoms with Gasteiger partial charge in [-0.2, -0.15) is 0 Å². The van der Waals surface area contributed by atoms with E-state index in [1.54, 1.807) is 13.0 Å². The van der Waals surface area contributed by atoms with Gasteiger partial charge in [0.2, 0.25) is 0 Å². The van der Waals surface area contributed by atoms with Crippen molar-refractivity contribution < 1.29 is 24.2 Å². The number of ether oxygens (including phenoxy) is 1. The number of rotatable bonds is 3. The van der Waals surface area contributed by atoms with Gasteiger partial charge in [-0.15, -0.1) is 0 Å². The van der Waals surface area contributed by atoms with E-state index in [0.717, 1.165) is 16.5 Å². The van der Waals surface area contributed by atoms with Crippen LogP contribution in [0.15, 0.2) is 35.9 Å². The van der Waals surface area contributed by atoms with E-state index < -0.39 is 17.8 Å². The van der Waals surface area contributed by atoms with Crippen LogP contribution in [0.3, 0.4) is 0 Å². The highest BCUT2D eigenvalue weighted by atomic mass is 35.5. The van der Waals surface area contributed by atoms with E-state index in [9.17, 15) is 19.5 Å². The van der Waals surface area contributed by atoms with Crippen molar-refractivity contribution in [3.63, 3.8) is 0 Å². The van der Waals surface area contributed by atoms with Crippen LogP contribution in [0.2, 0.25) is 10.0 Å². The first-order valence-electron chi connectivity index (χ1n) is 7.97. The van der Waals surface area contributed by atoms with Crippen LogP contribution in [0.4, 0.5) is 10.5 Å². The van der Waals surface area contributed by atoms with Crippen LogP contribution in [-0.2, 0) is 9.59 Å². The zero-order chi connectivity index (χ0) is 20.6. The normalized spacial score (nSPS) is 15.8. The second-order valence-corrected chi connectivity index (χ2v) is 6.78. The summed E-state index contributed by atoms with van der Waals surface area (Å²) in [4.78, 5) is 38.2. The highest BCUT2D eigenvalue weighted by Crippen LogP contribution is 2.35. The number of phenols is 1. The number of carbonyl (C=O) groups is 3. The van der Waals surface area contributed by atoms with E-state index in [-0.39, 0.29) is 33.3 Å². The third-order valence-corrected chi connectivity index (χ3v) is 4.73. The number of aryl methyl sites for hydroxylation is 1. The van der Waals surface area contributed by atoms with E-state index in [0.29, 0.717) is 5.02 Å². The molecule has 2 N–H and O–H groups in total. The second-order valence-electron chi connectivity index (χ2n) is 5.94. The SMILES string of the molecule is COc1cc(Cl)cc(/C=C2/C(=O)NC(=O)N(c3ccc(C)c(Cl)c3)C2=O)c1O. The van der Waals surface area contributed by atoms with Gasteiger partial charge in [0.1, 0.15) is 5.57 Å². The van der Waals surface area contributed by atoms with E-state index >= 15 is 0 Å². The number of aromatic hydroxyl groups is 1. The molecule has 1 aliphatic rings. The number of benzene rings is 2. The topological polar surface area (TPSA) is 95.9 Å². The minimum Gasteiger partial charge on any atom is -0.504 e. The van der Waals surface area contributed by atoms with Crippen molar-refractivity contribution in [3.05, 3.63) is 57.1 Å². The molecule has 1 heterocycles. The Labute approximate surface area is 170 Å². The highest BCUT2D eigenvalue weighted by molar-refractivity contribution is 6.39. The number of halogens is 2. The van der Waals surface area contributed by atoms with Crippen LogP contribution in [0.25, 0.3) is 6.08 Å². The van der Waals surface area contributed by atoms with Crippen molar-refractivity contribution >= 4 is 52.8 Å². The van der Waals surface area contributed by atoms with E-state index in [1.807, 2.05) is 0 Å². The van der Waals surface area contributed by atoms with Gasteiger partial charge >= 0.3 is 6.03 Å². The number of phenolic OH excluding ortho intramolecular Hbond substituents is 1. The molecule has 0 radical (unpaired) electrons. The van der Waals surface area contributed by atoms with Crippen molar-refractivity contribution in [2.45, 2.75) is 6.92 Å². The largest absolute Gasteiger partial charge is 0.504 e. The van der Waals surface area contributed by atoms with Crippen molar-refractivity contribution in [1.29, 1.82) is 0 Å². The molecule has 1 aliphatic heterocycles. The van der Waals surface area contributed by atoms with Crippen LogP contribution in [0.5, 0.6) is 11.5 Å². The monoisotopic (exact) mass is 420 g/mol. The molecule has 0 saturated carbocycles. The van der Waals surface area contributed by atoms with Gasteiger partial charge in [-0.05, 0) is 36.8 Å². The van der Waals surface area contributed by atoms with Gasteiger partial charge in [-0.1, -0.05) is 29.3 Å². The lowest BCUT2D eigenvalue weighted by Gasteiger charge is -2.26. The predicted octanol–water partition coefficient (Wildman–Crippen LogP) is 3.68. The Morgan fingerprint density at radius 3 is 2.50 bits per heavy atom. The lowest BCUT2D eigenvalue weighted by molar-refractivity contribution is -0.122. The maximum absolute atomic E-state index is 12.9. The molecule has 3 rings (SSSR count). The minimum absolute atomic E-state index is 0.0706. The number of carbonyl (C=O) groups excluding carboxylic acids is 3. The summed E-state index contributed by atoms with van der Waals surface area (Å²) in [6, 6.07) is 6.46. The number of barbiturate groups is 1. The maximum Gasteiger partial charge on any atom is 0.335 e. The average molecular weight is 421 g/mol. The van der Waals surface area contributed by atoms with Gasteiger partial charge in [0.25, 0.3) is 11.8 Å². The number of amides is 4. The number of urea groups is 1. The first-order chi connectivity index (χ1) is 13.2. The summed E-state index contributed by atoms with van der Waals surface area (Å²) >= 11 is 12.1. The molecule has 2 aromatic rings. The molecule has 0 atom stereocenters. The fourth-order valence-corrected chi connectivity index (χ4v) is 3.02. The van der Waals surface area contributed by atoms with Crippen LogP contribution in [-0.4, -0.2) is 30.1 Å². The van der Waals surface area contributed by atoms with Crippen molar-refractivity contribution in [2.24, 2.45) is 0 Å². The van der Waals surface area contributed by atoms with Gasteiger partial charge in [-0.3, -0.25) is 14.9 Å². The Kier molecular flexibility index (Phi) is 5.31. The molecule has 2 aromatic carbocycles. The fourth-order valence-electron chi connectivity index (χ4n) is 2.63. The van der Waals surface area contributed by atoms with Crippen LogP contribution < -0.4 is 15.0 Å². The van der Waals surface area contributed by atoms with Gasteiger partial charge in [0, 0.05) is 21.7 Å². The average Bonchev–Trinajstić information content (AvgIpc) is 2.63. The third-order valence-electron chi connectivity index (χ3n) is 4.10. The summed E-state index contributed by atoms with van der Waals surface area (Å²) in [7, 11) is 1.34. The van der Waals surface area contributed by atoms with Gasteiger partial charge in [-0.25, -0.2) is 9.69 Å². The Morgan fingerprint density at radius 2 is 1.86 bits per heavy atom. The molecular formula is C19H14Cl2N2O5. The van der Waals surface area contributed by atoms with Crippen molar-refractivity contribution in [2.75, 3.05) is 12.0 Å². The Hall–Kier alpha value is -3.03. The maximum atomic E-state index is 12.9. The first kappa shape index (κ1) is 19.7. The van der Waals surface area contributed by atoms with Gasteiger partial charge < -0.3 is 9.84 Å². The van der Waals surface area contributed by atoms with Crippen LogP contribution in [0.1, 0.15) is 11.1 Å². The van der Waals surface area contributed by atoms with E-state index in [4.69, 9.17) is 27.9 Å². The molecule has 0 unspecified atom stereocenters. The number of anilines is 1. The fraction of sp³-hybridized carbons (Fsp3) is 0.105. The van der Waals surface area contributed by atoms with Crippen LogP contribution in [0, 0.1) is 6.92 Å². The zero-order valence-electron chi connectivity index (χ0n) is 14.7. The van der Waals surface area contributed by atoms with Gasteiger partial charge in [0.05, 0.1) is 12.8 Å². The second kappa shape index (κ2) is 7.53. The predicted molar refractivity (Wildman–Crippen MR) is 105 cm³/mol. The molecule has 0 aromatic heterocycles. The molecule has 7 nitrogen and oxygen atoms in total. The standard InChI is InChI=1S/C19H14Cl2N2O5/c1-9-3-4-12(8-14(9)21)23-18(26)13(17(25)22-19(23)27)6-10-5-11(20)7-15(28-2)16(10)24/h3-8,24H,1-2H3,(H,22,25,27)/b13-6-. The lowest BCUT2D eigenvalue weighted by atomic mass is 10.1.